The quantitative estimate of drug-likeness (QED) is 0.152. The van der Waals surface area contributed by atoms with Crippen molar-refractivity contribution in [3.8, 4) is 0 Å². The van der Waals surface area contributed by atoms with E-state index in [2.05, 4.69) is 50.1 Å². The van der Waals surface area contributed by atoms with Crippen LogP contribution in [-0.4, -0.2) is 70.8 Å². The maximum atomic E-state index is 11.1. The molecule has 5 aromatic rings. The lowest BCUT2D eigenvalue weighted by Crippen LogP contribution is -2.33. The fourth-order valence-electron chi connectivity index (χ4n) is 6.35. The number of fused-ring (bicyclic) bond motifs is 1. The molecule has 13 heteroatoms. The minimum absolute atomic E-state index is 0.0454. The first-order valence-corrected chi connectivity index (χ1v) is 15.9. The molecule has 4 heterocycles. The number of aryl methyl sites for hydroxylation is 1. The highest BCUT2D eigenvalue weighted by atomic mass is 16.6. The third-order valence-corrected chi connectivity index (χ3v) is 8.94. The number of ether oxygens (including phenoxy) is 1. The van der Waals surface area contributed by atoms with Crippen molar-refractivity contribution in [3.05, 3.63) is 89.9 Å². The van der Waals surface area contributed by atoms with Crippen LogP contribution in [-0.2, 0) is 11.2 Å². The predicted octanol–water partition coefficient (Wildman–Crippen LogP) is 3.69. The number of aliphatic hydroxyl groups is 2. The van der Waals surface area contributed by atoms with Crippen molar-refractivity contribution >= 4 is 22.9 Å². The highest BCUT2D eigenvalue weighted by Gasteiger charge is 2.47. The SMILES string of the molecule is CCc1nnc([C@H]2O[C@@H](n3cnc4c(NCC(c5ccccc5)c5ccccc5)nc(N[C@H]5CC[C@H](N)CC5)nc43)[C@H](O)[C@@H]2O)o1. The summed E-state index contributed by atoms with van der Waals surface area (Å²) in [6, 6.07) is 21.1. The molecule has 0 spiro atoms. The summed E-state index contributed by atoms with van der Waals surface area (Å²) in [4.78, 5) is 14.4. The number of imidazole rings is 1. The number of nitrogens with zero attached hydrogens (tertiary/aromatic N) is 6. The Bertz CT molecular complexity index is 1700. The first-order chi connectivity index (χ1) is 22.5. The first kappa shape index (κ1) is 30.2. The van der Waals surface area contributed by atoms with E-state index in [0.717, 1.165) is 25.7 Å². The smallest absolute Gasteiger partial charge is 0.248 e. The van der Waals surface area contributed by atoms with Gasteiger partial charge in [-0.2, -0.15) is 9.97 Å². The van der Waals surface area contributed by atoms with Gasteiger partial charge in [-0.3, -0.25) is 4.57 Å². The van der Waals surface area contributed by atoms with Crippen LogP contribution in [0.4, 0.5) is 11.8 Å². The molecule has 2 fully saturated rings. The zero-order valence-corrected chi connectivity index (χ0v) is 25.6. The van der Waals surface area contributed by atoms with Crippen LogP contribution in [0.3, 0.4) is 0 Å². The summed E-state index contributed by atoms with van der Waals surface area (Å²) in [5, 5.41) is 37.2. The van der Waals surface area contributed by atoms with Crippen LogP contribution in [0.1, 0.15) is 73.8 Å². The molecule has 0 unspecified atom stereocenters. The van der Waals surface area contributed by atoms with Gasteiger partial charge in [-0.05, 0) is 36.8 Å². The van der Waals surface area contributed by atoms with Gasteiger partial charge in [0, 0.05) is 31.0 Å². The molecule has 2 aliphatic rings. The molecule has 1 saturated carbocycles. The lowest BCUT2D eigenvalue weighted by Gasteiger charge is -2.27. The van der Waals surface area contributed by atoms with Crippen molar-refractivity contribution in [2.75, 3.05) is 17.2 Å². The number of hydrogen-bond acceptors (Lipinski definition) is 12. The molecule has 2 aromatic carbocycles. The van der Waals surface area contributed by atoms with Crippen LogP contribution in [0.5, 0.6) is 0 Å². The zero-order chi connectivity index (χ0) is 31.6. The highest BCUT2D eigenvalue weighted by molar-refractivity contribution is 5.84. The van der Waals surface area contributed by atoms with Gasteiger partial charge in [0.1, 0.15) is 12.2 Å². The van der Waals surface area contributed by atoms with E-state index in [1.165, 1.54) is 11.1 Å². The lowest BCUT2D eigenvalue weighted by molar-refractivity contribution is -0.0439. The Morgan fingerprint density at radius 2 is 1.63 bits per heavy atom. The van der Waals surface area contributed by atoms with Gasteiger partial charge >= 0.3 is 0 Å². The van der Waals surface area contributed by atoms with E-state index in [9.17, 15) is 10.2 Å². The maximum Gasteiger partial charge on any atom is 0.248 e. The number of anilines is 2. The molecule has 4 atom stereocenters. The minimum atomic E-state index is -1.30. The topological polar surface area (TPSA) is 182 Å². The molecule has 0 radical (unpaired) electrons. The number of benzene rings is 2. The molecule has 0 bridgehead atoms. The van der Waals surface area contributed by atoms with Crippen LogP contribution in [0.25, 0.3) is 11.2 Å². The molecule has 240 valence electrons. The van der Waals surface area contributed by atoms with E-state index in [1.54, 1.807) is 10.9 Å². The van der Waals surface area contributed by atoms with Crippen LogP contribution in [0.15, 0.2) is 71.4 Å². The van der Waals surface area contributed by atoms with E-state index in [0.29, 0.717) is 41.8 Å². The molecule has 1 aliphatic heterocycles. The van der Waals surface area contributed by atoms with Gasteiger partial charge in [-0.1, -0.05) is 67.6 Å². The van der Waals surface area contributed by atoms with Crippen molar-refractivity contribution in [1.82, 2.24) is 29.7 Å². The van der Waals surface area contributed by atoms with Gasteiger partial charge in [0.2, 0.25) is 17.7 Å². The average molecular weight is 626 g/mol. The van der Waals surface area contributed by atoms with Crippen LogP contribution < -0.4 is 16.4 Å². The second kappa shape index (κ2) is 13.1. The fraction of sp³-hybridized carbons (Fsp3) is 0.424. The number of aromatic nitrogens is 6. The van der Waals surface area contributed by atoms with E-state index in [-0.39, 0.29) is 23.9 Å². The number of nitrogens with one attached hydrogen (secondary N) is 2. The minimum Gasteiger partial charge on any atom is -0.422 e. The Morgan fingerprint density at radius 1 is 0.935 bits per heavy atom. The van der Waals surface area contributed by atoms with Crippen LogP contribution in [0.2, 0.25) is 0 Å². The fourth-order valence-corrected chi connectivity index (χ4v) is 6.35. The number of aliphatic hydroxyl groups excluding tert-OH is 2. The van der Waals surface area contributed by atoms with Crippen LogP contribution >= 0.6 is 0 Å². The maximum absolute atomic E-state index is 11.1. The summed E-state index contributed by atoms with van der Waals surface area (Å²) in [6.45, 7) is 2.43. The lowest BCUT2D eigenvalue weighted by atomic mass is 9.91. The number of nitrogens with two attached hydrogens (primary N) is 1. The summed E-state index contributed by atoms with van der Waals surface area (Å²) in [6.07, 6.45) is 1.15. The highest BCUT2D eigenvalue weighted by Crippen LogP contribution is 2.40. The van der Waals surface area contributed by atoms with Gasteiger partial charge < -0.3 is 35.7 Å². The standard InChI is InChI=1S/C33H39N9O4/c1-2-24-40-41-31(45-24)28-26(43)27(44)32(46-28)42-18-36-25-29(38-33(39-30(25)42)37-22-15-13-21(34)14-16-22)35-17-23(19-9-5-3-6-10-19)20-11-7-4-8-12-20/h3-12,18,21-23,26-28,32,43-44H,2,13-17,34H2,1H3,(H2,35,37,38,39)/t21-,22-,26-,27+,28-,32+/m0/s1. The Labute approximate surface area is 266 Å². The monoisotopic (exact) mass is 625 g/mol. The van der Waals surface area contributed by atoms with Crippen LogP contribution in [0, 0.1) is 0 Å². The van der Waals surface area contributed by atoms with Crippen molar-refractivity contribution in [2.45, 2.75) is 81.6 Å². The second-order valence-corrected chi connectivity index (χ2v) is 12.0. The first-order valence-electron chi connectivity index (χ1n) is 15.9. The Hall–Kier alpha value is -4.43. The van der Waals surface area contributed by atoms with Gasteiger partial charge in [-0.25, -0.2) is 4.98 Å². The second-order valence-electron chi connectivity index (χ2n) is 12.0. The largest absolute Gasteiger partial charge is 0.422 e. The molecule has 3 aromatic heterocycles. The molecule has 6 N–H and O–H groups in total. The summed E-state index contributed by atoms with van der Waals surface area (Å²) in [7, 11) is 0. The average Bonchev–Trinajstić information content (AvgIpc) is 3.81. The molecular formula is C33H39N9O4. The van der Waals surface area contributed by atoms with Gasteiger partial charge in [0.25, 0.3) is 0 Å². The van der Waals surface area contributed by atoms with Gasteiger partial charge in [0.05, 0.1) is 6.33 Å². The van der Waals surface area contributed by atoms with Crippen molar-refractivity contribution in [2.24, 2.45) is 5.73 Å². The molecule has 7 rings (SSSR count). The molecule has 13 nitrogen and oxygen atoms in total. The predicted molar refractivity (Wildman–Crippen MR) is 171 cm³/mol. The summed E-state index contributed by atoms with van der Waals surface area (Å²) in [5.74, 6) is 1.55. The number of rotatable bonds is 10. The Morgan fingerprint density at radius 3 is 2.28 bits per heavy atom. The Kier molecular flexibility index (Phi) is 8.63. The van der Waals surface area contributed by atoms with E-state index in [4.69, 9.17) is 24.9 Å². The van der Waals surface area contributed by atoms with Crippen molar-refractivity contribution < 1.29 is 19.4 Å². The summed E-state index contributed by atoms with van der Waals surface area (Å²) in [5.41, 5.74) is 9.46. The molecule has 1 saturated heterocycles. The van der Waals surface area contributed by atoms with Gasteiger partial charge in [-0.15, -0.1) is 10.2 Å². The molecular weight excluding hydrogens is 586 g/mol. The molecule has 1 aliphatic carbocycles. The van der Waals surface area contributed by atoms with E-state index >= 15 is 0 Å². The molecule has 0 amide bonds. The van der Waals surface area contributed by atoms with Gasteiger partial charge in [0.15, 0.2) is 29.3 Å². The normalized spacial score (nSPS) is 24.9. The summed E-state index contributed by atoms with van der Waals surface area (Å²) >= 11 is 0. The molecule has 46 heavy (non-hydrogen) atoms. The van der Waals surface area contributed by atoms with E-state index in [1.807, 2.05) is 43.3 Å². The van der Waals surface area contributed by atoms with E-state index < -0.39 is 24.5 Å². The zero-order valence-electron chi connectivity index (χ0n) is 25.6. The third-order valence-electron chi connectivity index (χ3n) is 8.94. The third kappa shape index (κ3) is 6.06. The van der Waals surface area contributed by atoms with Crippen molar-refractivity contribution in [3.63, 3.8) is 0 Å². The number of hydrogen-bond donors (Lipinski definition) is 5. The Balaban J connectivity index is 1.23. The van der Waals surface area contributed by atoms with Crippen molar-refractivity contribution in [1.29, 1.82) is 0 Å². The summed E-state index contributed by atoms with van der Waals surface area (Å²) < 4.78 is 13.4.